The number of nitrogens with two attached hydrogens (primary N) is 1. The molecule has 1 heterocycles. The number of aryl methyl sites for hydroxylation is 1. The zero-order valence-electron chi connectivity index (χ0n) is 12.2. The number of fused-ring (bicyclic) bond motifs is 1. The quantitative estimate of drug-likeness (QED) is 0.935. The maximum atomic E-state index is 9.07. The van der Waals surface area contributed by atoms with Crippen molar-refractivity contribution in [1.82, 2.24) is 0 Å². The molecule has 0 fully saturated rings. The molecule has 3 heteroatoms. The first kappa shape index (κ1) is 13.7. The molecule has 1 unspecified atom stereocenters. The van der Waals surface area contributed by atoms with E-state index in [0.29, 0.717) is 12.5 Å². The van der Waals surface area contributed by atoms with Crippen LogP contribution < -0.4 is 10.6 Å². The third-order valence-electron chi connectivity index (χ3n) is 4.23. The van der Waals surface area contributed by atoms with E-state index in [9.17, 15) is 0 Å². The van der Waals surface area contributed by atoms with Gasteiger partial charge in [0.1, 0.15) is 0 Å². The Balaban J connectivity index is 2.01. The van der Waals surface area contributed by atoms with E-state index in [2.05, 4.69) is 41.3 Å². The third-order valence-corrected chi connectivity index (χ3v) is 4.23. The number of anilines is 2. The molecule has 1 aliphatic heterocycles. The molecule has 2 aromatic rings. The Hall–Kier alpha value is -2.31. The molecule has 0 saturated carbocycles. The van der Waals surface area contributed by atoms with Crippen LogP contribution in [0.15, 0.2) is 42.5 Å². The van der Waals surface area contributed by atoms with E-state index in [1.165, 1.54) is 11.3 Å². The molecule has 106 valence electrons. The molecule has 3 rings (SSSR count). The maximum Gasteiger partial charge on any atom is 0.0994 e. The van der Waals surface area contributed by atoms with Gasteiger partial charge in [-0.3, -0.25) is 0 Å². The minimum absolute atomic E-state index is 0.488. The van der Waals surface area contributed by atoms with Crippen LogP contribution in [0.4, 0.5) is 11.4 Å². The van der Waals surface area contributed by atoms with Gasteiger partial charge in [0.15, 0.2) is 0 Å². The van der Waals surface area contributed by atoms with Crippen molar-refractivity contribution in [3.63, 3.8) is 0 Å². The van der Waals surface area contributed by atoms with Crippen LogP contribution in [0.5, 0.6) is 0 Å². The van der Waals surface area contributed by atoms with Crippen LogP contribution in [0, 0.1) is 18.3 Å². The van der Waals surface area contributed by atoms with Crippen LogP contribution in [0.1, 0.15) is 29.0 Å². The van der Waals surface area contributed by atoms with Gasteiger partial charge >= 0.3 is 0 Å². The summed E-state index contributed by atoms with van der Waals surface area (Å²) < 4.78 is 0. The Labute approximate surface area is 125 Å². The zero-order chi connectivity index (χ0) is 14.8. The van der Waals surface area contributed by atoms with E-state index >= 15 is 0 Å². The first-order valence-electron chi connectivity index (χ1n) is 7.32. The average molecular weight is 277 g/mol. The second-order valence-electron chi connectivity index (χ2n) is 5.55. The summed E-state index contributed by atoms with van der Waals surface area (Å²) in [7, 11) is 0. The van der Waals surface area contributed by atoms with Gasteiger partial charge in [-0.05, 0) is 55.3 Å². The highest BCUT2D eigenvalue weighted by molar-refractivity contribution is 5.72. The highest BCUT2D eigenvalue weighted by atomic mass is 15.2. The number of nitrogens with zero attached hydrogens (tertiary/aromatic N) is 2. The molecule has 0 aromatic heterocycles. The van der Waals surface area contributed by atoms with Crippen molar-refractivity contribution < 1.29 is 0 Å². The molecule has 21 heavy (non-hydrogen) atoms. The lowest BCUT2D eigenvalue weighted by Gasteiger charge is -2.21. The predicted octanol–water partition coefficient (Wildman–Crippen LogP) is 3.45. The van der Waals surface area contributed by atoms with Gasteiger partial charge in [-0.25, -0.2) is 0 Å². The lowest BCUT2D eigenvalue weighted by atomic mass is 9.98. The Bertz CT molecular complexity index is 700. The standard InChI is InChI=1S/C18H19N3/c1-13-10-16(7-6-14(13)11-20)21-12-15(8-9-19)17-4-2-3-5-18(17)21/h2-7,10,15H,8-9,12,19H2,1H3. The summed E-state index contributed by atoms with van der Waals surface area (Å²) >= 11 is 0. The number of rotatable bonds is 3. The second-order valence-corrected chi connectivity index (χ2v) is 5.55. The molecule has 1 aliphatic rings. The highest BCUT2D eigenvalue weighted by Gasteiger charge is 2.28. The molecule has 2 aromatic carbocycles. The van der Waals surface area contributed by atoms with Crippen molar-refractivity contribution in [1.29, 1.82) is 5.26 Å². The van der Waals surface area contributed by atoms with Gasteiger partial charge in [0.2, 0.25) is 0 Å². The van der Waals surface area contributed by atoms with Crippen molar-refractivity contribution in [2.45, 2.75) is 19.3 Å². The topological polar surface area (TPSA) is 53.0 Å². The fraction of sp³-hybridized carbons (Fsp3) is 0.278. The van der Waals surface area contributed by atoms with Gasteiger partial charge in [0, 0.05) is 23.8 Å². The second kappa shape index (κ2) is 5.59. The molecule has 0 saturated heterocycles. The van der Waals surface area contributed by atoms with Crippen LogP contribution in [0.2, 0.25) is 0 Å². The van der Waals surface area contributed by atoms with Gasteiger partial charge in [-0.1, -0.05) is 18.2 Å². The smallest absolute Gasteiger partial charge is 0.0994 e. The number of hydrogen-bond acceptors (Lipinski definition) is 3. The third kappa shape index (κ3) is 2.39. The SMILES string of the molecule is Cc1cc(N2CC(CCN)c3ccccc32)ccc1C#N. The highest BCUT2D eigenvalue weighted by Crippen LogP contribution is 2.42. The summed E-state index contributed by atoms with van der Waals surface area (Å²) in [6.45, 7) is 3.66. The van der Waals surface area contributed by atoms with Crippen LogP contribution in [0.25, 0.3) is 0 Å². The van der Waals surface area contributed by atoms with Gasteiger partial charge < -0.3 is 10.6 Å². The summed E-state index contributed by atoms with van der Waals surface area (Å²) in [6.07, 6.45) is 1.00. The normalized spacial score (nSPS) is 16.6. The molecule has 0 radical (unpaired) electrons. The molecule has 1 atom stereocenters. The Morgan fingerprint density at radius 3 is 2.81 bits per heavy atom. The Morgan fingerprint density at radius 2 is 2.10 bits per heavy atom. The van der Waals surface area contributed by atoms with Crippen molar-refractivity contribution >= 4 is 11.4 Å². The van der Waals surface area contributed by atoms with E-state index in [1.807, 2.05) is 19.1 Å². The summed E-state index contributed by atoms with van der Waals surface area (Å²) in [6, 6.07) is 16.8. The van der Waals surface area contributed by atoms with Crippen LogP contribution in [-0.2, 0) is 0 Å². The number of hydrogen-bond donors (Lipinski definition) is 1. The van der Waals surface area contributed by atoms with Crippen molar-refractivity contribution in [3.05, 3.63) is 59.2 Å². The summed E-state index contributed by atoms with van der Waals surface area (Å²) in [5, 5.41) is 9.07. The summed E-state index contributed by atoms with van der Waals surface area (Å²) in [4.78, 5) is 2.34. The molecule has 0 bridgehead atoms. The van der Waals surface area contributed by atoms with Crippen molar-refractivity contribution in [2.24, 2.45) is 5.73 Å². The van der Waals surface area contributed by atoms with E-state index in [-0.39, 0.29) is 0 Å². The predicted molar refractivity (Wildman–Crippen MR) is 85.8 cm³/mol. The molecule has 3 nitrogen and oxygen atoms in total. The van der Waals surface area contributed by atoms with Crippen molar-refractivity contribution in [3.8, 4) is 6.07 Å². The van der Waals surface area contributed by atoms with E-state index in [1.54, 1.807) is 0 Å². The minimum atomic E-state index is 0.488. The number of para-hydroxylation sites is 1. The van der Waals surface area contributed by atoms with Gasteiger partial charge in [-0.15, -0.1) is 0 Å². The minimum Gasteiger partial charge on any atom is -0.341 e. The van der Waals surface area contributed by atoms with E-state index in [4.69, 9.17) is 11.0 Å². The molecular formula is C18H19N3. The largest absolute Gasteiger partial charge is 0.341 e. The fourth-order valence-corrected chi connectivity index (χ4v) is 3.13. The summed E-state index contributed by atoms with van der Waals surface area (Å²) in [5.74, 6) is 0.488. The van der Waals surface area contributed by atoms with Gasteiger partial charge in [-0.2, -0.15) is 5.26 Å². The summed E-state index contributed by atoms with van der Waals surface area (Å²) in [5.41, 5.74) is 11.3. The van der Waals surface area contributed by atoms with Gasteiger partial charge in [0.25, 0.3) is 0 Å². The van der Waals surface area contributed by atoms with Crippen LogP contribution >= 0.6 is 0 Å². The maximum absolute atomic E-state index is 9.07. The number of nitriles is 1. The zero-order valence-corrected chi connectivity index (χ0v) is 12.2. The molecule has 0 spiro atoms. The van der Waals surface area contributed by atoms with E-state index in [0.717, 1.165) is 29.8 Å². The monoisotopic (exact) mass is 277 g/mol. The van der Waals surface area contributed by atoms with Gasteiger partial charge in [0.05, 0.1) is 11.6 Å². The first-order chi connectivity index (χ1) is 10.2. The number of benzene rings is 2. The van der Waals surface area contributed by atoms with Crippen LogP contribution in [-0.4, -0.2) is 13.1 Å². The molecule has 2 N–H and O–H groups in total. The van der Waals surface area contributed by atoms with Crippen molar-refractivity contribution in [2.75, 3.05) is 18.0 Å². The lowest BCUT2D eigenvalue weighted by Crippen LogP contribution is -2.17. The van der Waals surface area contributed by atoms with Crippen LogP contribution in [0.3, 0.4) is 0 Å². The lowest BCUT2D eigenvalue weighted by molar-refractivity contribution is 0.669. The molecular weight excluding hydrogens is 258 g/mol. The Kier molecular flexibility index (Phi) is 3.64. The van der Waals surface area contributed by atoms with E-state index < -0.39 is 0 Å². The Morgan fingerprint density at radius 1 is 1.29 bits per heavy atom. The average Bonchev–Trinajstić information content (AvgIpc) is 2.87. The molecule has 0 amide bonds. The first-order valence-corrected chi connectivity index (χ1v) is 7.32. The molecule has 0 aliphatic carbocycles. The fourth-order valence-electron chi connectivity index (χ4n) is 3.13.